The number of hydrogen-bond acceptors (Lipinski definition) is 3. The summed E-state index contributed by atoms with van der Waals surface area (Å²) in [5.41, 5.74) is 1.82. The Bertz CT molecular complexity index is 875. The molecule has 5 nitrogen and oxygen atoms in total. The Balaban J connectivity index is 1.77. The van der Waals surface area contributed by atoms with Gasteiger partial charge in [-0.3, -0.25) is 9.59 Å². The molecule has 0 aromatic heterocycles. The molecule has 1 fully saturated rings. The highest BCUT2D eigenvalue weighted by Crippen LogP contribution is 2.29. The van der Waals surface area contributed by atoms with Gasteiger partial charge >= 0.3 is 0 Å². The molecule has 0 saturated carbocycles. The monoisotopic (exact) mass is 353 g/mol. The number of rotatable bonds is 3. The maximum atomic E-state index is 12.8. The van der Waals surface area contributed by atoms with Crippen LogP contribution < -0.4 is 9.80 Å². The molecule has 0 bridgehead atoms. The highest BCUT2D eigenvalue weighted by molar-refractivity contribution is 6.31. The molecule has 126 valence electrons. The molecule has 2 aromatic carbocycles. The summed E-state index contributed by atoms with van der Waals surface area (Å²) in [6, 6.07) is 15.9. The first-order chi connectivity index (χ1) is 12.0. The predicted molar refractivity (Wildman–Crippen MR) is 96.5 cm³/mol. The van der Waals surface area contributed by atoms with Crippen LogP contribution in [0, 0.1) is 17.2 Å². The van der Waals surface area contributed by atoms with Crippen LogP contribution in [0.25, 0.3) is 0 Å². The molecular weight excluding hydrogens is 338 g/mol. The lowest BCUT2D eigenvalue weighted by molar-refractivity contribution is -0.124. The fourth-order valence-electron chi connectivity index (χ4n) is 2.95. The standard InChI is InChI=1S/C19H16ClN3O2/c1-22(16-6-2-4-13(8-16)11-21)19(25)14-9-18(24)23(12-14)17-7-3-5-15(20)10-17/h2-8,10,14H,9,12H2,1H3. The first-order valence-corrected chi connectivity index (χ1v) is 8.21. The van der Waals surface area contributed by atoms with Crippen molar-refractivity contribution < 1.29 is 9.59 Å². The number of halogens is 1. The lowest BCUT2D eigenvalue weighted by Gasteiger charge is -2.22. The van der Waals surface area contributed by atoms with Crippen LogP contribution in [0.2, 0.25) is 5.02 Å². The van der Waals surface area contributed by atoms with Crippen molar-refractivity contribution in [1.29, 1.82) is 5.26 Å². The van der Waals surface area contributed by atoms with Gasteiger partial charge in [0.05, 0.1) is 17.6 Å². The number of hydrogen-bond donors (Lipinski definition) is 0. The van der Waals surface area contributed by atoms with E-state index in [9.17, 15) is 9.59 Å². The number of nitrogens with zero attached hydrogens (tertiary/aromatic N) is 3. The van der Waals surface area contributed by atoms with Crippen molar-refractivity contribution in [2.75, 3.05) is 23.4 Å². The second kappa shape index (κ2) is 6.96. The number of benzene rings is 2. The van der Waals surface area contributed by atoms with E-state index in [1.165, 1.54) is 4.90 Å². The molecule has 2 aromatic rings. The molecule has 1 unspecified atom stereocenters. The average Bonchev–Trinajstić information content (AvgIpc) is 3.02. The highest BCUT2D eigenvalue weighted by Gasteiger charge is 2.36. The summed E-state index contributed by atoms with van der Waals surface area (Å²) in [5, 5.41) is 9.54. The van der Waals surface area contributed by atoms with Crippen LogP contribution in [0.15, 0.2) is 48.5 Å². The van der Waals surface area contributed by atoms with Gasteiger partial charge in [0.2, 0.25) is 11.8 Å². The number of carbonyl (C=O) groups excluding carboxylic acids is 2. The largest absolute Gasteiger partial charge is 0.315 e. The third-order valence-electron chi connectivity index (χ3n) is 4.29. The van der Waals surface area contributed by atoms with E-state index in [-0.39, 0.29) is 18.2 Å². The fraction of sp³-hybridized carbons (Fsp3) is 0.211. The lowest BCUT2D eigenvalue weighted by atomic mass is 10.1. The molecule has 1 heterocycles. The second-order valence-corrected chi connectivity index (χ2v) is 6.38. The molecule has 1 aliphatic rings. The van der Waals surface area contributed by atoms with E-state index in [1.54, 1.807) is 60.5 Å². The summed E-state index contributed by atoms with van der Waals surface area (Å²) in [7, 11) is 1.66. The first kappa shape index (κ1) is 17.0. The molecular formula is C19H16ClN3O2. The van der Waals surface area contributed by atoms with E-state index in [2.05, 4.69) is 6.07 Å². The van der Waals surface area contributed by atoms with E-state index in [1.807, 2.05) is 0 Å². The minimum atomic E-state index is -0.428. The molecule has 3 rings (SSSR count). The van der Waals surface area contributed by atoms with Gasteiger partial charge in [0, 0.05) is 36.4 Å². The molecule has 6 heteroatoms. The van der Waals surface area contributed by atoms with Gasteiger partial charge in [0.25, 0.3) is 0 Å². The Morgan fingerprint density at radius 3 is 2.76 bits per heavy atom. The number of amides is 2. The summed E-state index contributed by atoms with van der Waals surface area (Å²) in [4.78, 5) is 28.2. The molecule has 25 heavy (non-hydrogen) atoms. The van der Waals surface area contributed by atoms with Crippen LogP contribution in [0.3, 0.4) is 0 Å². The Kier molecular flexibility index (Phi) is 4.73. The van der Waals surface area contributed by atoms with E-state index in [4.69, 9.17) is 16.9 Å². The van der Waals surface area contributed by atoms with Crippen LogP contribution in [-0.2, 0) is 9.59 Å². The lowest BCUT2D eigenvalue weighted by Crippen LogP contribution is -2.34. The third kappa shape index (κ3) is 3.49. The van der Waals surface area contributed by atoms with E-state index in [0.717, 1.165) is 0 Å². The summed E-state index contributed by atoms with van der Waals surface area (Å²) in [5.74, 6) is -0.671. The number of anilines is 2. The molecule has 1 saturated heterocycles. The highest BCUT2D eigenvalue weighted by atomic mass is 35.5. The van der Waals surface area contributed by atoms with Crippen LogP contribution in [-0.4, -0.2) is 25.4 Å². The van der Waals surface area contributed by atoms with E-state index < -0.39 is 5.92 Å². The van der Waals surface area contributed by atoms with Gasteiger partial charge in [-0.2, -0.15) is 5.26 Å². The molecule has 1 atom stereocenters. The van der Waals surface area contributed by atoms with Gasteiger partial charge in [-0.05, 0) is 36.4 Å². The van der Waals surface area contributed by atoms with Gasteiger partial charge in [-0.15, -0.1) is 0 Å². The maximum Gasteiger partial charge on any atom is 0.232 e. The summed E-state index contributed by atoms with van der Waals surface area (Å²) in [6.45, 7) is 0.320. The molecule has 1 aliphatic heterocycles. The van der Waals surface area contributed by atoms with Gasteiger partial charge in [0.1, 0.15) is 0 Å². The van der Waals surface area contributed by atoms with Crippen molar-refractivity contribution in [3.63, 3.8) is 0 Å². The zero-order valence-electron chi connectivity index (χ0n) is 13.6. The number of carbonyl (C=O) groups is 2. The van der Waals surface area contributed by atoms with Gasteiger partial charge in [-0.1, -0.05) is 23.7 Å². The van der Waals surface area contributed by atoms with Crippen LogP contribution in [0.1, 0.15) is 12.0 Å². The minimum Gasteiger partial charge on any atom is -0.315 e. The van der Waals surface area contributed by atoms with Crippen molar-refractivity contribution >= 4 is 34.8 Å². The smallest absolute Gasteiger partial charge is 0.232 e. The quantitative estimate of drug-likeness (QED) is 0.851. The van der Waals surface area contributed by atoms with E-state index >= 15 is 0 Å². The molecule has 2 amide bonds. The Hall–Kier alpha value is -2.84. The Labute approximate surface area is 151 Å². The maximum absolute atomic E-state index is 12.8. The summed E-state index contributed by atoms with van der Waals surface area (Å²) in [6.07, 6.45) is 0.160. The van der Waals surface area contributed by atoms with Crippen LogP contribution >= 0.6 is 11.6 Å². The molecule has 0 N–H and O–H groups in total. The number of nitriles is 1. The van der Waals surface area contributed by atoms with E-state index in [0.29, 0.717) is 28.5 Å². The van der Waals surface area contributed by atoms with Gasteiger partial charge in [-0.25, -0.2) is 0 Å². The van der Waals surface area contributed by atoms with Crippen molar-refractivity contribution in [2.24, 2.45) is 5.92 Å². The Morgan fingerprint density at radius 1 is 1.28 bits per heavy atom. The first-order valence-electron chi connectivity index (χ1n) is 7.83. The zero-order valence-corrected chi connectivity index (χ0v) is 14.4. The Morgan fingerprint density at radius 2 is 2.04 bits per heavy atom. The second-order valence-electron chi connectivity index (χ2n) is 5.94. The van der Waals surface area contributed by atoms with Gasteiger partial charge in [0.15, 0.2) is 0 Å². The fourth-order valence-corrected chi connectivity index (χ4v) is 3.14. The van der Waals surface area contributed by atoms with Crippen molar-refractivity contribution in [1.82, 2.24) is 0 Å². The summed E-state index contributed by atoms with van der Waals surface area (Å²) < 4.78 is 0. The predicted octanol–water partition coefficient (Wildman–Crippen LogP) is 3.23. The van der Waals surface area contributed by atoms with Gasteiger partial charge < -0.3 is 9.80 Å². The average molecular weight is 354 g/mol. The minimum absolute atomic E-state index is 0.0974. The normalized spacial score (nSPS) is 16.6. The van der Waals surface area contributed by atoms with Crippen LogP contribution in [0.5, 0.6) is 0 Å². The van der Waals surface area contributed by atoms with Crippen molar-refractivity contribution in [2.45, 2.75) is 6.42 Å². The molecule has 0 spiro atoms. The summed E-state index contributed by atoms with van der Waals surface area (Å²) >= 11 is 5.99. The third-order valence-corrected chi connectivity index (χ3v) is 4.52. The molecule has 0 radical (unpaired) electrons. The SMILES string of the molecule is CN(C(=O)C1CC(=O)N(c2cccc(Cl)c2)C1)c1cccc(C#N)c1. The zero-order chi connectivity index (χ0) is 18.0. The molecule has 0 aliphatic carbocycles. The van der Waals surface area contributed by atoms with Crippen LogP contribution in [0.4, 0.5) is 11.4 Å². The topological polar surface area (TPSA) is 64.4 Å². The van der Waals surface area contributed by atoms with Crippen molar-refractivity contribution in [3.05, 3.63) is 59.1 Å². The van der Waals surface area contributed by atoms with Crippen molar-refractivity contribution in [3.8, 4) is 6.07 Å².